The van der Waals surface area contributed by atoms with E-state index in [4.69, 9.17) is 4.74 Å². The summed E-state index contributed by atoms with van der Waals surface area (Å²) in [6, 6.07) is 0. The zero-order valence-electron chi connectivity index (χ0n) is 8.53. The minimum absolute atomic E-state index is 0.320. The average molecular weight is 489 g/mol. The Hall–Kier alpha value is 2.47. The molecule has 0 aromatic heterocycles. The van der Waals surface area contributed by atoms with Crippen LogP contribution in [0, 0.1) is 5.92 Å². The standard InChI is InChI=1S/C9H15I2OS3/c1-6-3-14-9(15-4-6)11-7-2-12-8(10)13-5-7/h6-9H,2-5H2,1H3/q-1. The van der Waals surface area contributed by atoms with Crippen LogP contribution in [-0.4, -0.2) is 33.8 Å². The van der Waals surface area contributed by atoms with E-state index < -0.39 is 0 Å². The van der Waals surface area contributed by atoms with Gasteiger partial charge in [0.2, 0.25) is 0 Å². The van der Waals surface area contributed by atoms with E-state index in [1.54, 1.807) is 0 Å². The van der Waals surface area contributed by atoms with Gasteiger partial charge in [-0.05, 0) is 0 Å². The van der Waals surface area contributed by atoms with Crippen LogP contribution in [0.2, 0.25) is 0 Å². The average Bonchev–Trinajstić information content (AvgIpc) is 2.25. The van der Waals surface area contributed by atoms with E-state index in [0.717, 1.165) is 19.0 Å². The molecule has 90 valence electrons. The van der Waals surface area contributed by atoms with E-state index in [9.17, 15) is 0 Å². The van der Waals surface area contributed by atoms with E-state index in [0.29, 0.717) is 24.6 Å². The summed E-state index contributed by atoms with van der Waals surface area (Å²) in [5.74, 6) is 5.03. The second-order valence-corrected chi connectivity index (χ2v) is 14.8. The molecule has 0 aliphatic carbocycles. The number of hydrogen-bond donors (Lipinski definition) is 0. The maximum atomic E-state index is 5.71. The van der Waals surface area contributed by atoms with Crippen LogP contribution in [0.25, 0.3) is 0 Å². The van der Waals surface area contributed by atoms with E-state index >= 15 is 0 Å². The van der Waals surface area contributed by atoms with Crippen molar-refractivity contribution >= 4 is 57.9 Å². The van der Waals surface area contributed by atoms with E-state index in [-0.39, 0.29) is 0 Å². The molecule has 2 heterocycles. The zero-order valence-corrected chi connectivity index (χ0v) is 15.3. The predicted octanol–water partition coefficient (Wildman–Crippen LogP) is 0.326. The van der Waals surface area contributed by atoms with Crippen LogP contribution in [0.15, 0.2) is 0 Å². The van der Waals surface area contributed by atoms with Gasteiger partial charge in [-0.1, -0.05) is 0 Å². The van der Waals surface area contributed by atoms with Gasteiger partial charge in [-0.15, -0.1) is 0 Å². The van der Waals surface area contributed by atoms with Crippen LogP contribution in [0.4, 0.5) is 0 Å². The molecule has 0 radical (unpaired) electrons. The van der Waals surface area contributed by atoms with Crippen molar-refractivity contribution in [2.45, 2.75) is 16.9 Å². The van der Waals surface area contributed by atoms with Gasteiger partial charge < -0.3 is 0 Å². The third kappa shape index (κ3) is 4.92. The van der Waals surface area contributed by atoms with Gasteiger partial charge in [0, 0.05) is 0 Å². The summed E-state index contributed by atoms with van der Waals surface area (Å²) in [7, 11) is 0. The molecule has 0 N–H and O–H groups in total. The Kier molecular flexibility index (Phi) is 6.63. The number of hydrogen-bond acceptors (Lipinski definition) is 4. The Balaban J connectivity index is 1.68. The summed E-state index contributed by atoms with van der Waals surface area (Å²) in [5, 5.41) is 0. The topological polar surface area (TPSA) is 9.23 Å². The van der Waals surface area contributed by atoms with Crippen LogP contribution < -0.4 is 21.2 Å². The Morgan fingerprint density at radius 2 is 1.93 bits per heavy atom. The van der Waals surface area contributed by atoms with Crippen molar-refractivity contribution in [3.05, 3.63) is 0 Å². The molecular formula is C9H15I2OS3-. The molecule has 2 atom stereocenters. The van der Waals surface area contributed by atoms with E-state index in [1.807, 2.05) is 11.8 Å². The van der Waals surface area contributed by atoms with Crippen LogP contribution in [0.1, 0.15) is 6.92 Å². The molecule has 2 aliphatic rings. The summed E-state index contributed by atoms with van der Waals surface area (Å²) in [6.45, 7) is 3.40. The van der Waals surface area contributed by atoms with Gasteiger partial charge in [0.15, 0.2) is 0 Å². The van der Waals surface area contributed by atoms with Crippen LogP contribution in [-0.2, 0) is 4.74 Å². The third-order valence-corrected chi connectivity index (χ3v) is 14.0. The quantitative estimate of drug-likeness (QED) is 0.409. The van der Waals surface area contributed by atoms with Gasteiger partial charge in [-0.3, -0.25) is 0 Å². The second-order valence-electron chi connectivity index (χ2n) is 3.71. The Morgan fingerprint density at radius 3 is 2.53 bits per heavy atom. The van der Waals surface area contributed by atoms with Crippen LogP contribution in [0.3, 0.4) is 0 Å². The molecule has 2 unspecified atom stereocenters. The first-order chi connectivity index (χ1) is 7.24. The zero-order chi connectivity index (χ0) is 10.7. The van der Waals surface area contributed by atoms with Gasteiger partial charge in [-0.25, -0.2) is 0 Å². The normalized spacial score (nSPS) is 43.1. The summed E-state index contributed by atoms with van der Waals surface area (Å²) in [5.41, 5.74) is 0. The molecule has 2 fully saturated rings. The Morgan fingerprint density at radius 1 is 1.20 bits per heavy atom. The molecule has 0 spiro atoms. The third-order valence-electron chi connectivity index (χ3n) is 2.12. The van der Waals surface area contributed by atoms with Gasteiger partial charge in [0.25, 0.3) is 0 Å². The molecule has 0 bridgehead atoms. The molecule has 1 nitrogen and oxygen atoms in total. The monoisotopic (exact) mass is 489 g/mol. The van der Waals surface area contributed by atoms with Crippen molar-refractivity contribution in [1.29, 1.82) is 0 Å². The molecule has 0 aromatic carbocycles. The van der Waals surface area contributed by atoms with E-state index in [2.05, 4.69) is 53.0 Å². The first-order valence-corrected chi connectivity index (χ1v) is 11.8. The van der Waals surface area contributed by atoms with Crippen LogP contribution in [0.5, 0.6) is 0 Å². The number of rotatable bonds is 2. The van der Waals surface area contributed by atoms with E-state index in [1.165, 1.54) is 17.3 Å². The van der Waals surface area contributed by atoms with Crippen molar-refractivity contribution in [3.63, 3.8) is 0 Å². The van der Waals surface area contributed by atoms with Gasteiger partial charge in [0.05, 0.1) is 0 Å². The molecule has 6 heteroatoms. The molecule has 0 aromatic rings. The molecule has 2 rings (SSSR count). The number of halogens is 2. The number of thioether (sulfide) groups is 3. The second kappa shape index (κ2) is 7.16. The summed E-state index contributed by atoms with van der Waals surface area (Å²) >= 11 is 9.11. The van der Waals surface area contributed by atoms with Gasteiger partial charge in [-0.2, -0.15) is 0 Å². The van der Waals surface area contributed by atoms with Crippen molar-refractivity contribution in [2.24, 2.45) is 5.92 Å². The first-order valence-electron chi connectivity index (χ1n) is 4.96. The summed E-state index contributed by atoms with van der Waals surface area (Å²) < 4.78 is 7.97. The number of ether oxygens (including phenoxy) is 1. The fourth-order valence-electron chi connectivity index (χ4n) is 1.32. The fraction of sp³-hybridized carbons (Fsp3) is 1.00. The molecular weight excluding hydrogens is 474 g/mol. The van der Waals surface area contributed by atoms with Crippen molar-refractivity contribution in [1.82, 2.24) is 0 Å². The molecule has 0 saturated carbocycles. The molecule has 2 aliphatic heterocycles. The molecule has 0 amide bonds. The fourth-order valence-corrected chi connectivity index (χ4v) is 12.1. The Bertz CT molecular complexity index is 172. The molecule has 15 heavy (non-hydrogen) atoms. The van der Waals surface area contributed by atoms with Gasteiger partial charge >= 0.3 is 130 Å². The predicted molar refractivity (Wildman–Crippen MR) is 77.9 cm³/mol. The molecule has 2 saturated heterocycles. The van der Waals surface area contributed by atoms with Crippen molar-refractivity contribution < 1.29 is 25.9 Å². The SMILES string of the molecule is CC1CSC([I-]C2COC(I)SC2)SC1. The Labute approximate surface area is 129 Å². The maximum absolute atomic E-state index is 5.71. The minimum atomic E-state index is 0.320. The van der Waals surface area contributed by atoms with Crippen LogP contribution >= 0.6 is 57.9 Å². The van der Waals surface area contributed by atoms with Crippen molar-refractivity contribution in [2.75, 3.05) is 23.9 Å². The summed E-state index contributed by atoms with van der Waals surface area (Å²) in [4.78, 5) is 0. The summed E-state index contributed by atoms with van der Waals surface area (Å²) in [6.07, 6.45) is 0. The van der Waals surface area contributed by atoms with Crippen molar-refractivity contribution in [3.8, 4) is 0 Å². The van der Waals surface area contributed by atoms with Gasteiger partial charge in [0.1, 0.15) is 0 Å². The first kappa shape index (κ1) is 13.9. The number of alkyl halides is 3.